The van der Waals surface area contributed by atoms with Crippen LogP contribution in [0.25, 0.3) is 0 Å². The summed E-state index contributed by atoms with van der Waals surface area (Å²) in [5, 5.41) is 6.00. The maximum Gasteiger partial charge on any atom is 0.325 e. The maximum atomic E-state index is 13.8. The molecule has 4 aromatic rings. The van der Waals surface area contributed by atoms with Crippen LogP contribution in [0.5, 0.6) is 0 Å². The molecule has 1 atom stereocenters. The van der Waals surface area contributed by atoms with Crippen molar-refractivity contribution in [2.24, 2.45) is 0 Å². The number of para-hydroxylation sites is 1. The van der Waals surface area contributed by atoms with Gasteiger partial charge in [-0.1, -0.05) is 78.9 Å². The predicted molar refractivity (Wildman–Crippen MR) is 131 cm³/mol. The van der Waals surface area contributed by atoms with Crippen molar-refractivity contribution < 1.29 is 9.59 Å². The van der Waals surface area contributed by atoms with Crippen LogP contribution in [0.4, 0.5) is 22.4 Å². The van der Waals surface area contributed by atoms with Crippen molar-refractivity contribution in [1.29, 1.82) is 0 Å². The summed E-state index contributed by atoms with van der Waals surface area (Å²) in [5.74, 6) is 0.0283. The van der Waals surface area contributed by atoms with Gasteiger partial charge in [0, 0.05) is 12.1 Å². The molecule has 9 heteroatoms. The Morgan fingerprint density at radius 3 is 2.14 bits per heavy atom. The van der Waals surface area contributed by atoms with E-state index < -0.39 is 11.6 Å². The van der Waals surface area contributed by atoms with Gasteiger partial charge < -0.3 is 16.4 Å². The Kier molecular flexibility index (Phi) is 5.80. The lowest BCUT2D eigenvalue weighted by atomic mass is 9.83. The number of amides is 3. The van der Waals surface area contributed by atoms with E-state index in [2.05, 4.69) is 25.6 Å². The summed E-state index contributed by atoms with van der Waals surface area (Å²) in [7, 11) is 0. The molecule has 35 heavy (non-hydrogen) atoms. The van der Waals surface area contributed by atoms with E-state index >= 15 is 0 Å². The van der Waals surface area contributed by atoms with E-state index in [0.29, 0.717) is 12.0 Å². The summed E-state index contributed by atoms with van der Waals surface area (Å²) in [6.45, 7) is -0.149. The highest BCUT2D eigenvalue weighted by atomic mass is 16.2. The Bertz CT molecular complexity index is 1350. The molecule has 0 aliphatic carbocycles. The van der Waals surface area contributed by atoms with Crippen LogP contribution in [-0.4, -0.2) is 31.8 Å². The topological polar surface area (TPSA) is 126 Å². The molecule has 1 aromatic heterocycles. The minimum absolute atomic E-state index is 0.0147. The van der Waals surface area contributed by atoms with E-state index in [-0.39, 0.29) is 30.2 Å². The molecule has 0 saturated carbocycles. The number of benzene rings is 3. The normalized spacial score (nSPS) is 17.3. The fraction of sp³-hybridized carbons (Fsp3) is 0.115. The average Bonchev–Trinajstić information content (AvgIpc) is 3.10. The zero-order valence-corrected chi connectivity index (χ0v) is 18.8. The number of carbonyl (C=O) groups excluding carboxylic acids is 2. The minimum atomic E-state index is -1.25. The van der Waals surface area contributed by atoms with Crippen molar-refractivity contribution in [1.82, 2.24) is 25.2 Å². The summed E-state index contributed by atoms with van der Waals surface area (Å²) in [6.07, 6.45) is 0.305. The fourth-order valence-electron chi connectivity index (χ4n) is 4.17. The highest BCUT2D eigenvalue weighted by molar-refractivity contribution is 6.07. The first kappa shape index (κ1) is 22.0. The molecule has 0 radical (unpaired) electrons. The van der Waals surface area contributed by atoms with Crippen LogP contribution in [0.3, 0.4) is 0 Å². The van der Waals surface area contributed by atoms with Crippen LogP contribution in [0.2, 0.25) is 0 Å². The number of hydrogen-bond donors (Lipinski definition) is 3. The molecule has 3 aromatic carbocycles. The molecule has 3 amide bonds. The van der Waals surface area contributed by atoms with Crippen molar-refractivity contribution in [2.45, 2.75) is 18.5 Å². The van der Waals surface area contributed by atoms with Gasteiger partial charge in [-0.2, -0.15) is 15.0 Å². The fourth-order valence-corrected chi connectivity index (χ4v) is 4.17. The van der Waals surface area contributed by atoms with Crippen LogP contribution in [0.1, 0.15) is 17.0 Å². The van der Waals surface area contributed by atoms with Crippen LogP contribution in [-0.2, 0) is 23.3 Å². The zero-order chi connectivity index (χ0) is 24.3. The second-order valence-corrected chi connectivity index (χ2v) is 8.18. The summed E-state index contributed by atoms with van der Waals surface area (Å²) in [5.41, 5.74) is 7.04. The number of nitrogens with one attached hydrogen (secondary N) is 2. The van der Waals surface area contributed by atoms with Crippen molar-refractivity contribution in [3.05, 3.63) is 108 Å². The molecule has 9 nitrogen and oxygen atoms in total. The third-order valence-electron chi connectivity index (χ3n) is 5.78. The van der Waals surface area contributed by atoms with Crippen molar-refractivity contribution in [3.8, 4) is 0 Å². The van der Waals surface area contributed by atoms with Gasteiger partial charge in [-0.05, 0) is 23.3 Å². The van der Waals surface area contributed by atoms with E-state index in [1.54, 1.807) is 0 Å². The summed E-state index contributed by atoms with van der Waals surface area (Å²) >= 11 is 0. The van der Waals surface area contributed by atoms with Crippen LogP contribution >= 0.6 is 0 Å². The number of urea groups is 1. The van der Waals surface area contributed by atoms with Gasteiger partial charge in [0.2, 0.25) is 11.9 Å². The summed E-state index contributed by atoms with van der Waals surface area (Å²) in [4.78, 5) is 40.7. The Morgan fingerprint density at radius 1 is 0.829 bits per heavy atom. The van der Waals surface area contributed by atoms with E-state index in [4.69, 9.17) is 5.73 Å². The van der Waals surface area contributed by atoms with Gasteiger partial charge in [0.15, 0.2) is 11.4 Å². The molecule has 2 heterocycles. The Morgan fingerprint density at radius 2 is 1.46 bits per heavy atom. The van der Waals surface area contributed by atoms with Gasteiger partial charge >= 0.3 is 6.03 Å². The molecule has 5 rings (SSSR count). The number of carbonyl (C=O) groups is 2. The number of nitrogens with two attached hydrogens (primary N) is 1. The SMILES string of the molecule is Nc1nc(CN2C(=O)N[C@](Cc3ccccc3)(c3ccccc3)C2=O)nc(Nc2ccccc2)n1. The van der Waals surface area contributed by atoms with Crippen molar-refractivity contribution >= 4 is 29.5 Å². The van der Waals surface area contributed by atoms with E-state index in [0.717, 1.165) is 16.2 Å². The molecule has 1 saturated heterocycles. The molecule has 0 unspecified atom stereocenters. The molecule has 1 fully saturated rings. The van der Waals surface area contributed by atoms with Gasteiger partial charge in [-0.25, -0.2) is 4.79 Å². The Labute approximate surface area is 202 Å². The number of nitrogen functional groups attached to an aromatic ring is 1. The van der Waals surface area contributed by atoms with Gasteiger partial charge in [0.25, 0.3) is 5.91 Å². The third-order valence-corrected chi connectivity index (χ3v) is 5.78. The lowest BCUT2D eigenvalue weighted by Crippen LogP contribution is -2.46. The third kappa shape index (κ3) is 4.51. The lowest BCUT2D eigenvalue weighted by molar-refractivity contribution is -0.132. The zero-order valence-electron chi connectivity index (χ0n) is 18.8. The number of hydrogen-bond acceptors (Lipinski definition) is 7. The van der Waals surface area contributed by atoms with Crippen molar-refractivity contribution in [3.63, 3.8) is 0 Å². The maximum absolute atomic E-state index is 13.8. The standard InChI is InChI=1S/C26H23N7O2/c27-23-29-21(30-24(31-23)28-20-14-8-3-9-15-20)17-33-22(34)26(32-25(33)35,19-12-6-2-7-13-19)16-18-10-4-1-5-11-18/h1-15H,16-17H2,(H,32,35)(H3,27,28,29,30,31)/t26-/m1/s1. The lowest BCUT2D eigenvalue weighted by Gasteiger charge is -2.27. The average molecular weight is 466 g/mol. The summed E-state index contributed by atoms with van der Waals surface area (Å²) in [6, 6.07) is 27.7. The van der Waals surface area contributed by atoms with E-state index in [9.17, 15) is 9.59 Å². The second-order valence-electron chi connectivity index (χ2n) is 8.18. The Hall–Kier alpha value is -4.79. The molecule has 1 aliphatic rings. The van der Waals surface area contributed by atoms with Gasteiger partial charge in [-0.3, -0.25) is 9.69 Å². The molecule has 0 spiro atoms. The minimum Gasteiger partial charge on any atom is -0.368 e. The van der Waals surface area contributed by atoms with Crippen LogP contribution < -0.4 is 16.4 Å². The molecule has 0 bridgehead atoms. The molecule has 1 aliphatic heterocycles. The number of nitrogens with zero attached hydrogens (tertiary/aromatic N) is 4. The molecule has 4 N–H and O–H groups in total. The summed E-state index contributed by atoms with van der Waals surface area (Å²) < 4.78 is 0. The second kappa shape index (κ2) is 9.22. The van der Waals surface area contributed by atoms with Gasteiger partial charge in [0.1, 0.15) is 0 Å². The highest BCUT2D eigenvalue weighted by Gasteiger charge is 2.52. The van der Waals surface area contributed by atoms with E-state index in [1.807, 2.05) is 91.0 Å². The van der Waals surface area contributed by atoms with Crippen LogP contribution in [0, 0.1) is 0 Å². The Balaban J connectivity index is 1.45. The first-order chi connectivity index (χ1) is 17.0. The predicted octanol–water partition coefficient (Wildman–Crippen LogP) is 3.39. The smallest absolute Gasteiger partial charge is 0.325 e. The van der Waals surface area contributed by atoms with E-state index in [1.165, 1.54) is 0 Å². The quantitative estimate of drug-likeness (QED) is 0.357. The number of aromatic nitrogens is 3. The number of rotatable bonds is 7. The first-order valence-corrected chi connectivity index (χ1v) is 11.1. The highest BCUT2D eigenvalue weighted by Crippen LogP contribution is 2.33. The van der Waals surface area contributed by atoms with Gasteiger partial charge in [-0.15, -0.1) is 0 Å². The number of anilines is 3. The first-order valence-electron chi connectivity index (χ1n) is 11.1. The molecular formula is C26H23N7O2. The van der Waals surface area contributed by atoms with Crippen LogP contribution in [0.15, 0.2) is 91.0 Å². The molecule has 174 valence electrons. The van der Waals surface area contributed by atoms with Crippen molar-refractivity contribution in [2.75, 3.05) is 11.1 Å². The van der Waals surface area contributed by atoms with Gasteiger partial charge in [0.05, 0.1) is 6.54 Å². The molecular weight excluding hydrogens is 442 g/mol. The monoisotopic (exact) mass is 465 g/mol. The number of imide groups is 1. The largest absolute Gasteiger partial charge is 0.368 e.